The molecule has 0 unspecified atom stereocenters. The average molecular weight is 275 g/mol. The molecule has 20 heavy (non-hydrogen) atoms. The monoisotopic (exact) mass is 275 g/mol. The van der Waals surface area contributed by atoms with E-state index >= 15 is 0 Å². The molecule has 0 radical (unpaired) electrons. The largest absolute Gasteiger partial charge is 0.326 e. The molecule has 3 amide bonds. The first-order valence-electron chi connectivity index (χ1n) is 6.44. The topological polar surface area (TPSA) is 87.3 Å². The van der Waals surface area contributed by atoms with Crippen LogP contribution in [0.25, 0.3) is 0 Å². The number of anilines is 1. The highest BCUT2D eigenvalue weighted by Gasteiger charge is 2.32. The van der Waals surface area contributed by atoms with Gasteiger partial charge >= 0.3 is 0 Å². The lowest BCUT2D eigenvalue weighted by Crippen LogP contribution is -2.28. The number of rotatable bonds is 4. The maximum absolute atomic E-state index is 11.8. The zero-order valence-electron chi connectivity index (χ0n) is 11.4. The molecule has 6 heteroatoms. The molecule has 1 fully saturated rings. The standard InChI is InChI=1S/C14H17N3O3/c1-8-3-4-10(7-9(8)2)15-12(18)6-5-11-13(19)16-17-14(11)20/h3-4,7,11H,5-6H2,1-2H3,(H,15,18)(H,16,19)(H,17,20). The molecule has 0 aliphatic carbocycles. The van der Waals surface area contributed by atoms with E-state index in [9.17, 15) is 14.4 Å². The lowest BCUT2D eigenvalue weighted by atomic mass is 10.0. The van der Waals surface area contributed by atoms with Crippen molar-refractivity contribution in [1.29, 1.82) is 0 Å². The Morgan fingerprint density at radius 1 is 1.15 bits per heavy atom. The lowest BCUT2D eigenvalue weighted by Gasteiger charge is -2.08. The van der Waals surface area contributed by atoms with Crippen molar-refractivity contribution in [3.05, 3.63) is 29.3 Å². The Labute approximate surface area is 116 Å². The Balaban J connectivity index is 1.88. The molecule has 1 aromatic carbocycles. The number of hydrogen-bond donors (Lipinski definition) is 3. The van der Waals surface area contributed by atoms with E-state index in [0.29, 0.717) is 0 Å². The Hall–Kier alpha value is -2.37. The molecule has 0 aromatic heterocycles. The molecular weight excluding hydrogens is 258 g/mol. The van der Waals surface area contributed by atoms with Gasteiger partial charge in [0.25, 0.3) is 11.8 Å². The van der Waals surface area contributed by atoms with Gasteiger partial charge in [-0.05, 0) is 43.5 Å². The zero-order chi connectivity index (χ0) is 14.7. The summed E-state index contributed by atoms with van der Waals surface area (Å²) in [5.74, 6) is -1.75. The van der Waals surface area contributed by atoms with Crippen molar-refractivity contribution in [2.24, 2.45) is 5.92 Å². The van der Waals surface area contributed by atoms with Crippen molar-refractivity contribution >= 4 is 23.4 Å². The second-order valence-corrected chi connectivity index (χ2v) is 4.92. The van der Waals surface area contributed by atoms with E-state index < -0.39 is 5.92 Å². The molecule has 0 spiro atoms. The van der Waals surface area contributed by atoms with E-state index in [1.54, 1.807) is 0 Å². The third kappa shape index (κ3) is 3.14. The summed E-state index contributed by atoms with van der Waals surface area (Å²) in [5.41, 5.74) is 7.44. The van der Waals surface area contributed by atoms with Crippen molar-refractivity contribution in [2.45, 2.75) is 26.7 Å². The number of hydrogen-bond acceptors (Lipinski definition) is 3. The second-order valence-electron chi connectivity index (χ2n) is 4.92. The summed E-state index contributed by atoms with van der Waals surface area (Å²) in [6, 6.07) is 5.65. The molecule has 1 saturated heterocycles. The highest BCUT2D eigenvalue weighted by molar-refractivity contribution is 6.05. The smallest absolute Gasteiger partial charge is 0.251 e. The van der Waals surface area contributed by atoms with Crippen molar-refractivity contribution in [2.75, 3.05) is 5.32 Å². The van der Waals surface area contributed by atoms with Crippen molar-refractivity contribution in [3.63, 3.8) is 0 Å². The Morgan fingerprint density at radius 3 is 2.40 bits per heavy atom. The summed E-state index contributed by atoms with van der Waals surface area (Å²) in [6.45, 7) is 3.97. The van der Waals surface area contributed by atoms with Gasteiger partial charge in [0.15, 0.2) is 0 Å². The molecule has 6 nitrogen and oxygen atoms in total. The minimum absolute atomic E-state index is 0.123. The number of aryl methyl sites for hydroxylation is 2. The molecular formula is C14H17N3O3. The highest BCUT2D eigenvalue weighted by Crippen LogP contribution is 2.16. The van der Waals surface area contributed by atoms with Crippen LogP contribution in [0.2, 0.25) is 0 Å². The minimum atomic E-state index is -0.777. The Bertz CT molecular complexity index is 553. The van der Waals surface area contributed by atoms with Gasteiger partial charge in [0.05, 0.1) is 0 Å². The summed E-state index contributed by atoms with van der Waals surface area (Å²) < 4.78 is 0. The Kier molecular flexibility index (Phi) is 4.02. The molecule has 1 aliphatic heterocycles. The number of hydrazine groups is 1. The van der Waals surface area contributed by atoms with Gasteiger partial charge in [-0.1, -0.05) is 6.07 Å². The van der Waals surface area contributed by atoms with E-state index in [1.165, 1.54) is 0 Å². The normalized spacial score (nSPS) is 14.9. The van der Waals surface area contributed by atoms with Gasteiger partial charge in [-0.25, -0.2) is 0 Å². The van der Waals surface area contributed by atoms with Crippen molar-refractivity contribution in [1.82, 2.24) is 10.9 Å². The first kappa shape index (κ1) is 14.0. The fourth-order valence-electron chi connectivity index (χ4n) is 2.00. The van der Waals surface area contributed by atoms with E-state index in [-0.39, 0.29) is 30.6 Å². The second kappa shape index (κ2) is 5.73. The number of benzene rings is 1. The van der Waals surface area contributed by atoms with Crippen LogP contribution in [0.4, 0.5) is 5.69 Å². The summed E-state index contributed by atoms with van der Waals surface area (Å²) in [6.07, 6.45) is 0.326. The van der Waals surface area contributed by atoms with Crippen LogP contribution in [-0.4, -0.2) is 17.7 Å². The molecule has 0 saturated carbocycles. The van der Waals surface area contributed by atoms with Gasteiger partial charge in [-0.15, -0.1) is 0 Å². The van der Waals surface area contributed by atoms with Crippen LogP contribution in [0.1, 0.15) is 24.0 Å². The molecule has 106 valence electrons. The fourth-order valence-corrected chi connectivity index (χ4v) is 2.00. The molecule has 1 heterocycles. The van der Waals surface area contributed by atoms with Gasteiger partial charge in [0.1, 0.15) is 5.92 Å². The molecule has 1 aliphatic rings. The van der Waals surface area contributed by atoms with E-state index in [2.05, 4.69) is 16.2 Å². The third-order valence-electron chi connectivity index (χ3n) is 3.39. The molecule has 0 atom stereocenters. The van der Waals surface area contributed by atoms with E-state index in [1.807, 2.05) is 32.0 Å². The van der Waals surface area contributed by atoms with Crippen LogP contribution < -0.4 is 16.2 Å². The van der Waals surface area contributed by atoms with Crippen molar-refractivity contribution in [3.8, 4) is 0 Å². The zero-order valence-corrected chi connectivity index (χ0v) is 11.4. The average Bonchev–Trinajstić information content (AvgIpc) is 2.71. The van der Waals surface area contributed by atoms with Crippen LogP contribution in [0, 0.1) is 19.8 Å². The van der Waals surface area contributed by atoms with Crippen LogP contribution in [0.3, 0.4) is 0 Å². The van der Waals surface area contributed by atoms with Crippen LogP contribution in [-0.2, 0) is 14.4 Å². The molecule has 0 bridgehead atoms. The minimum Gasteiger partial charge on any atom is -0.326 e. The SMILES string of the molecule is Cc1ccc(NC(=O)CCC2C(=O)NNC2=O)cc1C. The van der Waals surface area contributed by atoms with Gasteiger partial charge in [0, 0.05) is 12.1 Å². The maximum Gasteiger partial charge on any atom is 0.251 e. The summed E-state index contributed by atoms with van der Waals surface area (Å²) in [4.78, 5) is 34.4. The quantitative estimate of drug-likeness (QED) is 0.710. The van der Waals surface area contributed by atoms with Crippen molar-refractivity contribution < 1.29 is 14.4 Å². The first-order chi connectivity index (χ1) is 9.47. The summed E-state index contributed by atoms with van der Waals surface area (Å²) >= 11 is 0. The number of amides is 3. The predicted molar refractivity (Wildman–Crippen MR) is 73.6 cm³/mol. The fraction of sp³-hybridized carbons (Fsp3) is 0.357. The molecule has 2 rings (SSSR count). The lowest BCUT2D eigenvalue weighted by molar-refractivity contribution is -0.128. The van der Waals surface area contributed by atoms with E-state index in [4.69, 9.17) is 0 Å². The van der Waals surface area contributed by atoms with Crippen LogP contribution >= 0.6 is 0 Å². The van der Waals surface area contributed by atoms with Gasteiger partial charge < -0.3 is 5.32 Å². The van der Waals surface area contributed by atoms with Gasteiger partial charge in [-0.3, -0.25) is 25.2 Å². The summed E-state index contributed by atoms with van der Waals surface area (Å²) in [5, 5.41) is 2.76. The van der Waals surface area contributed by atoms with Gasteiger partial charge in [-0.2, -0.15) is 0 Å². The number of nitrogens with one attached hydrogen (secondary N) is 3. The van der Waals surface area contributed by atoms with Gasteiger partial charge in [0.2, 0.25) is 5.91 Å². The predicted octanol–water partition coefficient (Wildman–Crippen LogP) is 0.799. The summed E-state index contributed by atoms with van der Waals surface area (Å²) in [7, 11) is 0. The maximum atomic E-state index is 11.8. The van der Waals surface area contributed by atoms with E-state index in [0.717, 1.165) is 16.8 Å². The highest BCUT2D eigenvalue weighted by atomic mass is 16.2. The number of carbonyl (C=O) groups is 3. The Morgan fingerprint density at radius 2 is 1.80 bits per heavy atom. The first-order valence-corrected chi connectivity index (χ1v) is 6.44. The molecule has 1 aromatic rings. The molecule has 3 N–H and O–H groups in total. The van der Waals surface area contributed by atoms with Crippen LogP contribution in [0.5, 0.6) is 0 Å². The third-order valence-corrected chi connectivity index (χ3v) is 3.39. The van der Waals surface area contributed by atoms with Crippen LogP contribution in [0.15, 0.2) is 18.2 Å². The number of carbonyl (C=O) groups excluding carboxylic acids is 3.